The van der Waals surface area contributed by atoms with E-state index < -0.39 is 23.6 Å². The molecular weight excluding hydrogens is 335 g/mol. The highest BCUT2D eigenvalue weighted by atomic mass is 35.5. The number of hydrogen-bond acceptors (Lipinski definition) is 0. The van der Waals surface area contributed by atoms with Gasteiger partial charge in [0.25, 0.3) is 0 Å². The van der Waals surface area contributed by atoms with E-state index in [1.54, 1.807) is 0 Å². The van der Waals surface area contributed by atoms with Gasteiger partial charge in [-0.2, -0.15) is 0 Å². The van der Waals surface area contributed by atoms with Crippen LogP contribution in [0.25, 0.3) is 0 Å². The van der Waals surface area contributed by atoms with Crippen molar-refractivity contribution in [2.75, 3.05) is 0 Å². The van der Waals surface area contributed by atoms with Crippen LogP contribution >= 0.6 is 34.8 Å². The van der Waals surface area contributed by atoms with Crippen LogP contribution in [0.4, 0.5) is 13.2 Å². The smallest absolute Gasteiger partial charge is 0.194 e. The maximum Gasteiger partial charge on any atom is 0.194 e. The van der Waals surface area contributed by atoms with Gasteiger partial charge in [-0.15, -0.1) is 0 Å². The molecule has 0 bridgehead atoms. The summed E-state index contributed by atoms with van der Waals surface area (Å²) in [6, 6.07) is 3.75. The second kappa shape index (κ2) is 5.82. The zero-order chi connectivity index (χ0) is 15.0. The number of hydrogen-bond donors (Lipinski definition) is 0. The fourth-order valence-electron chi connectivity index (χ4n) is 1.65. The first-order chi connectivity index (χ1) is 9.31. The Labute approximate surface area is 127 Å². The Morgan fingerprint density at radius 3 is 1.65 bits per heavy atom. The highest BCUT2D eigenvalue weighted by Crippen LogP contribution is 2.35. The first-order valence-corrected chi connectivity index (χ1v) is 6.39. The van der Waals surface area contributed by atoms with E-state index in [1.165, 1.54) is 12.1 Å². The van der Waals surface area contributed by atoms with Crippen LogP contribution in [0.5, 0.6) is 0 Å². The predicted octanol–water partition coefficient (Wildman–Crippen LogP) is 5.58. The van der Waals surface area contributed by atoms with Crippen LogP contribution in [0, 0.1) is 17.5 Å². The van der Waals surface area contributed by atoms with Gasteiger partial charge in [0, 0.05) is 0 Å². The van der Waals surface area contributed by atoms with Gasteiger partial charge in [0.15, 0.2) is 17.5 Å². The molecule has 2 aromatic carbocycles. The van der Waals surface area contributed by atoms with Crippen LogP contribution < -0.4 is 0 Å². The summed E-state index contributed by atoms with van der Waals surface area (Å²) in [5.41, 5.74) is -0.217. The molecule has 1 atom stereocenters. The van der Waals surface area contributed by atoms with E-state index in [4.69, 9.17) is 34.8 Å². The minimum atomic E-state index is -1.67. The number of benzene rings is 2. The molecule has 1 unspecified atom stereocenters. The lowest BCUT2D eigenvalue weighted by Gasteiger charge is -2.12. The van der Waals surface area contributed by atoms with Gasteiger partial charge in [-0.3, -0.25) is 0 Å². The second-order valence-electron chi connectivity index (χ2n) is 3.98. The molecule has 0 saturated carbocycles. The average molecular weight is 341 g/mol. The van der Waals surface area contributed by atoms with E-state index in [2.05, 4.69) is 0 Å². The third-order valence-corrected chi connectivity index (χ3v) is 3.81. The van der Waals surface area contributed by atoms with E-state index in [0.717, 1.165) is 0 Å². The van der Waals surface area contributed by atoms with Crippen LogP contribution in [0.2, 0.25) is 15.1 Å². The van der Waals surface area contributed by atoms with Crippen molar-refractivity contribution in [2.24, 2.45) is 0 Å². The molecule has 1 nitrogen and oxygen atoms in total. The zero-order valence-electron chi connectivity index (χ0n) is 9.56. The largest absolute Gasteiger partial charge is 0.223 e. The van der Waals surface area contributed by atoms with E-state index in [-0.39, 0.29) is 26.2 Å². The van der Waals surface area contributed by atoms with Crippen LogP contribution in [-0.2, 0) is 5.11 Å². The van der Waals surface area contributed by atoms with Gasteiger partial charge in [-0.05, 0) is 35.4 Å². The average Bonchev–Trinajstić information content (AvgIpc) is 2.40. The van der Waals surface area contributed by atoms with Crippen molar-refractivity contribution in [1.29, 1.82) is 0 Å². The van der Waals surface area contributed by atoms with Gasteiger partial charge in [0.1, 0.15) is 6.10 Å². The Kier molecular flexibility index (Phi) is 4.49. The molecule has 0 saturated heterocycles. The van der Waals surface area contributed by atoms with E-state index in [0.29, 0.717) is 12.1 Å². The first kappa shape index (κ1) is 15.4. The molecule has 0 aromatic heterocycles. The molecule has 0 aliphatic heterocycles. The molecule has 0 heterocycles. The summed E-state index contributed by atoms with van der Waals surface area (Å²) < 4.78 is 39.1. The molecule has 20 heavy (non-hydrogen) atoms. The molecule has 0 amide bonds. The van der Waals surface area contributed by atoms with E-state index in [9.17, 15) is 18.3 Å². The summed E-state index contributed by atoms with van der Waals surface area (Å²) in [6.45, 7) is 0. The molecule has 0 aliphatic carbocycles. The molecule has 2 aromatic rings. The zero-order valence-corrected chi connectivity index (χ0v) is 11.8. The van der Waals surface area contributed by atoms with Crippen LogP contribution in [0.1, 0.15) is 17.2 Å². The van der Waals surface area contributed by atoms with Crippen molar-refractivity contribution in [3.63, 3.8) is 0 Å². The maximum atomic E-state index is 13.1. The van der Waals surface area contributed by atoms with Crippen molar-refractivity contribution < 1.29 is 18.3 Å². The Morgan fingerprint density at radius 1 is 0.800 bits per heavy atom. The van der Waals surface area contributed by atoms with E-state index >= 15 is 0 Å². The first-order valence-electron chi connectivity index (χ1n) is 5.26. The van der Waals surface area contributed by atoms with E-state index in [1.807, 2.05) is 0 Å². The topological polar surface area (TPSA) is 19.9 Å². The quantitative estimate of drug-likeness (QED) is 0.636. The highest BCUT2D eigenvalue weighted by Gasteiger charge is 2.20. The summed E-state index contributed by atoms with van der Waals surface area (Å²) in [4.78, 5) is 0. The summed E-state index contributed by atoms with van der Waals surface area (Å²) in [6.07, 6.45) is -1.67. The van der Waals surface area contributed by atoms with Crippen molar-refractivity contribution >= 4 is 34.8 Å². The second-order valence-corrected chi connectivity index (χ2v) is 5.17. The van der Waals surface area contributed by atoms with Gasteiger partial charge in [0.2, 0.25) is 0 Å². The fourth-order valence-corrected chi connectivity index (χ4v) is 2.26. The Balaban J connectivity index is 2.49. The SMILES string of the molecule is [O]C(c1cc(F)c(F)c(F)c1)c1cc(Cl)c(Cl)c(Cl)c1. The van der Waals surface area contributed by atoms with Gasteiger partial charge < -0.3 is 0 Å². The molecule has 105 valence electrons. The lowest BCUT2D eigenvalue weighted by Crippen LogP contribution is -2.02. The monoisotopic (exact) mass is 339 g/mol. The van der Waals surface area contributed by atoms with Gasteiger partial charge in [-0.1, -0.05) is 34.8 Å². The molecule has 7 heteroatoms. The van der Waals surface area contributed by atoms with Gasteiger partial charge in [0.05, 0.1) is 15.1 Å². The summed E-state index contributed by atoms with van der Waals surface area (Å²) >= 11 is 17.3. The normalized spacial score (nSPS) is 12.6. The van der Waals surface area contributed by atoms with Gasteiger partial charge in [-0.25, -0.2) is 18.3 Å². The van der Waals surface area contributed by atoms with Crippen molar-refractivity contribution in [2.45, 2.75) is 6.10 Å². The van der Waals surface area contributed by atoms with Crippen molar-refractivity contribution in [3.8, 4) is 0 Å². The Morgan fingerprint density at radius 2 is 1.20 bits per heavy atom. The molecule has 0 aliphatic rings. The highest BCUT2D eigenvalue weighted by molar-refractivity contribution is 6.48. The predicted molar refractivity (Wildman–Crippen MR) is 70.3 cm³/mol. The van der Waals surface area contributed by atoms with Crippen molar-refractivity contribution in [1.82, 2.24) is 0 Å². The third kappa shape index (κ3) is 2.88. The molecular formula is C13H5Cl3F3O. The number of rotatable bonds is 2. The van der Waals surface area contributed by atoms with Crippen LogP contribution in [0.15, 0.2) is 24.3 Å². The Bertz CT molecular complexity index is 572. The molecule has 0 spiro atoms. The fraction of sp³-hybridized carbons (Fsp3) is 0.0769. The molecule has 1 radical (unpaired) electrons. The Hall–Kier alpha value is -0.940. The molecule has 0 N–H and O–H groups in total. The van der Waals surface area contributed by atoms with Crippen LogP contribution in [-0.4, -0.2) is 0 Å². The minimum absolute atomic E-state index is 0.0399. The maximum absolute atomic E-state index is 13.1. The summed E-state index contributed by atoms with van der Waals surface area (Å²) in [7, 11) is 0. The van der Waals surface area contributed by atoms with Crippen LogP contribution in [0.3, 0.4) is 0 Å². The lowest BCUT2D eigenvalue weighted by atomic mass is 10.0. The van der Waals surface area contributed by atoms with Crippen molar-refractivity contribution in [3.05, 3.63) is 67.9 Å². The minimum Gasteiger partial charge on any atom is -0.223 e. The van der Waals surface area contributed by atoms with Gasteiger partial charge >= 0.3 is 0 Å². The molecule has 0 fully saturated rings. The standard InChI is InChI=1S/C13H5Cl3F3O/c14-7-1-5(2-8(15)11(7)16)13(20)6-3-9(17)12(19)10(18)4-6/h1-4,13H. The number of halogens is 6. The third-order valence-electron chi connectivity index (χ3n) is 2.62. The lowest BCUT2D eigenvalue weighted by molar-refractivity contribution is 0.124. The summed E-state index contributed by atoms with van der Waals surface area (Å²) in [5.74, 6) is -4.51. The molecule has 2 rings (SSSR count). The summed E-state index contributed by atoms with van der Waals surface area (Å²) in [5, 5.41) is 12.3.